The maximum Gasteiger partial charge on any atom is 0.212 e. The number of benzene rings is 1. The standard InChI is InChI=1S/C13H14N4OS.ClH/c1-8(14)12-16-17-7-11(15-13(17)19-12)9-3-5-10(18-2)6-4-9;/h3-8H,14H2,1-2H3;1H. The Morgan fingerprint density at radius 1 is 1.30 bits per heavy atom. The predicted octanol–water partition coefficient (Wildman–Crippen LogP) is 2.91. The van der Waals surface area contributed by atoms with Gasteiger partial charge < -0.3 is 10.5 Å². The Kier molecular flexibility index (Phi) is 4.27. The zero-order valence-corrected chi connectivity index (χ0v) is 12.7. The van der Waals surface area contributed by atoms with Gasteiger partial charge in [-0.25, -0.2) is 9.50 Å². The number of aromatic nitrogens is 3. The van der Waals surface area contributed by atoms with Gasteiger partial charge in [-0.3, -0.25) is 0 Å². The monoisotopic (exact) mass is 310 g/mol. The van der Waals surface area contributed by atoms with Crippen molar-refractivity contribution < 1.29 is 4.74 Å². The molecule has 2 N–H and O–H groups in total. The van der Waals surface area contributed by atoms with Crippen molar-refractivity contribution >= 4 is 28.7 Å². The molecule has 0 amide bonds. The number of hydrogen-bond acceptors (Lipinski definition) is 5. The SMILES string of the molecule is COc1ccc(-c2cn3nc(C(C)N)sc3n2)cc1.Cl. The number of imidazole rings is 1. The second-order valence-corrected chi connectivity index (χ2v) is 5.30. The summed E-state index contributed by atoms with van der Waals surface area (Å²) in [5.41, 5.74) is 7.75. The van der Waals surface area contributed by atoms with Crippen LogP contribution in [0.15, 0.2) is 30.5 Å². The van der Waals surface area contributed by atoms with E-state index in [1.807, 2.05) is 37.4 Å². The van der Waals surface area contributed by atoms with Crippen molar-refractivity contribution in [3.05, 3.63) is 35.5 Å². The molecule has 1 unspecified atom stereocenters. The number of nitrogens with two attached hydrogens (primary N) is 1. The van der Waals surface area contributed by atoms with Gasteiger partial charge in [-0.1, -0.05) is 11.3 Å². The topological polar surface area (TPSA) is 65.4 Å². The summed E-state index contributed by atoms with van der Waals surface area (Å²) in [6.07, 6.45) is 1.92. The quantitative estimate of drug-likeness (QED) is 0.808. The van der Waals surface area contributed by atoms with Gasteiger partial charge in [0.25, 0.3) is 0 Å². The molecule has 2 aromatic heterocycles. The van der Waals surface area contributed by atoms with Crippen LogP contribution in [0.2, 0.25) is 0 Å². The van der Waals surface area contributed by atoms with Crippen LogP contribution in [0.4, 0.5) is 0 Å². The zero-order chi connectivity index (χ0) is 13.4. The molecule has 0 aliphatic carbocycles. The van der Waals surface area contributed by atoms with Gasteiger partial charge in [0.15, 0.2) is 0 Å². The fourth-order valence-electron chi connectivity index (χ4n) is 1.80. The zero-order valence-electron chi connectivity index (χ0n) is 11.1. The second-order valence-electron chi connectivity index (χ2n) is 4.31. The molecule has 3 aromatic rings. The number of rotatable bonds is 3. The Morgan fingerprint density at radius 2 is 2.00 bits per heavy atom. The van der Waals surface area contributed by atoms with Gasteiger partial charge in [0.1, 0.15) is 10.8 Å². The van der Waals surface area contributed by atoms with Crippen LogP contribution < -0.4 is 10.5 Å². The molecule has 0 saturated heterocycles. The van der Waals surface area contributed by atoms with E-state index < -0.39 is 0 Å². The highest BCUT2D eigenvalue weighted by Crippen LogP contribution is 2.25. The molecular weight excluding hydrogens is 296 g/mol. The average molecular weight is 311 g/mol. The molecule has 0 aliphatic heterocycles. The first-order valence-corrected chi connectivity index (χ1v) is 6.75. The molecule has 7 heteroatoms. The Bertz CT molecular complexity index is 673. The van der Waals surface area contributed by atoms with Crippen molar-refractivity contribution in [3.63, 3.8) is 0 Å². The fraction of sp³-hybridized carbons (Fsp3) is 0.231. The minimum Gasteiger partial charge on any atom is -0.497 e. The van der Waals surface area contributed by atoms with E-state index in [4.69, 9.17) is 10.5 Å². The molecule has 2 heterocycles. The molecule has 1 aromatic carbocycles. The molecule has 1 atom stereocenters. The Hall–Kier alpha value is -1.63. The number of halogens is 1. The van der Waals surface area contributed by atoms with E-state index in [9.17, 15) is 0 Å². The van der Waals surface area contributed by atoms with E-state index in [2.05, 4.69) is 10.1 Å². The van der Waals surface area contributed by atoms with Crippen LogP contribution in [0.25, 0.3) is 16.2 Å². The number of methoxy groups -OCH3 is 1. The smallest absolute Gasteiger partial charge is 0.212 e. The first-order chi connectivity index (χ1) is 9.17. The normalized spacial score (nSPS) is 12.2. The molecule has 0 radical (unpaired) electrons. The van der Waals surface area contributed by atoms with Gasteiger partial charge in [0.05, 0.1) is 25.0 Å². The minimum atomic E-state index is -0.0591. The Balaban J connectivity index is 0.00000147. The molecule has 0 fully saturated rings. The average Bonchev–Trinajstić information content (AvgIpc) is 2.97. The predicted molar refractivity (Wildman–Crippen MR) is 82.7 cm³/mol. The molecule has 0 saturated carbocycles. The van der Waals surface area contributed by atoms with E-state index >= 15 is 0 Å². The van der Waals surface area contributed by atoms with Crippen LogP contribution >= 0.6 is 23.7 Å². The first kappa shape index (κ1) is 14.8. The maximum absolute atomic E-state index is 5.81. The van der Waals surface area contributed by atoms with Gasteiger partial charge in [-0.05, 0) is 31.2 Å². The first-order valence-electron chi connectivity index (χ1n) is 5.93. The summed E-state index contributed by atoms with van der Waals surface area (Å²) in [4.78, 5) is 5.42. The molecule has 106 valence electrons. The lowest BCUT2D eigenvalue weighted by molar-refractivity contribution is 0.415. The van der Waals surface area contributed by atoms with E-state index in [-0.39, 0.29) is 18.4 Å². The van der Waals surface area contributed by atoms with Gasteiger partial charge >= 0.3 is 0 Å². The molecular formula is C13H15ClN4OS. The van der Waals surface area contributed by atoms with Crippen molar-refractivity contribution in [1.29, 1.82) is 0 Å². The van der Waals surface area contributed by atoms with Crippen LogP contribution in [0.1, 0.15) is 18.0 Å². The largest absolute Gasteiger partial charge is 0.497 e. The number of fused-ring (bicyclic) bond motifs is 1. The third-order valence-corrected chi connectivity index (χ3v) is 3.96. The van der Waals surface area contributed by atoms with Crippen LogP contribution in [-0.4, -0.2) is 21.7 Å². The second kappa shape index (κ2) is 5.78. The van der Waals surface area contributed by atoms with Crippen molar-refractivity contribution in [2.45, 2.75) is 13.0 Å². The molecule has 0 spiro atoms. The number of nitrogens with zero attached hydrogens (tertiary/aromatic N) is 3. The van der Waals surface area contributed by atoms with E-state index in [0.717, 1.165) is 27.0 Å². The summed E-state index contributed by atoms with van der Waals surface area (Å²) < 4.78 is 6.92. The molecule has 3 rings (SSSR count). The summed E-state index contributed by atoms with van der Waals surface area (Å²) in [6.45, 7) is 1.92. The summed E-state index contributed by atoms with van der Waals surface area (Å²) in [6, 6.07) is 7.75. The summed E-state index contributed by atoms with van der Waals surface area (Å²) >= 11 is 1.52. The van der Waals surface area contributed by atoms with Crippen LogP contribution in [0, 0.1) is 0 Å². The highest BCUT2D eigenvalue weighted by atomic mass is 35.5. The third kappa shape index (κ3) is 2.63. The van der Waals surface area contributed by atoms with Gasteiger partial charge in [-0.2, -0.15) is 5.10 Å². The van der Waals surface area contributed by atoms with Crippen molar-refractivity contribution in [1.82, 2.24) is 14.6 Å². The Labute approximate surface area is 126 Å². The highest BCUT2D eigenvalue weighted by molar-refractivity contribution is 7.16. The number of ether oxygens (including phenoxy) is 1. The highest BCUT2D eigenvalue weighted by Gasteiger charge is 2.11. The minimum absolute atomic E-state index is 0. The lowest BCUT2D eigenvalue weighted by Gasteiger charge is -2.00. The molecule has 0 aliphatic rings. The fourth-order valence-corrected chi connectivity index (χ4v) is 2.63. The summed E-state index contributed by atoms with van der Waals surface area (Å²) in [5.74, 6) is 0.835. The van der Waals surface area contributed by atoms with Crippen LogP contribution in [-0.2, 0) is 0 Å². The summed E-state index contributed by atoms with van der Waals surface area (Å²) in [5, 5.41) is 5.31. The molecule has 5 nitrogen and oxygen atoms in total. The molecule has 0 bridgehead atoms. The van der Waals surface area contributed by atoms with E-state index in [1.54, 1.807) is 11.6 Å². The lowest BCUT2D eigenvalue weighted by Crippen LogP contribution is -2.04. The maximum atomic E-state index is 5.81. The lowest BCUT2D eigenvalue weighted by atomic mass is 10.2. The van der Waals surface area contributed by atoms with Crippen LogP contribution in [0.5, 0.6) is 5.75 Å². The van der Waals surface area contributed by atoms with E-state index in [1.165, 1.54) is 11.3 Å². The van der Waals surface area contributed by atoms with Crippen LogP contribution in [0.3, 0.4) is 0 Å². The number of hydrogen-bond donors (Lipinski definition) is 1. The third-order valence-electron chi connectivity index (χ3n) is 2.83. The van der Waals surface area contributed by atoms with Crippen molar-refractivity contribution in [3.8, 4) is 17.0 Å². The molecule has 20 heavy (non-hydrogen) atoms. The Morgan fingerprint density at radius 3 is 2.55 bits per heavy atom. The van der Waals surface area contributed by atoms with Crippen molar-refractivity contribution in [2.24, 2.45) is 5.73 Å². The van der Waals surface area contributed by atoms with Gasteiger partial charge in [0, 0.05) is 5.56 Å². The summed E-state index contributed by atoms with van der Waals surface area (Å²) in [7, 11) is 1.65. The van der Waals surface area contributed by atoms with Gasteiger partial charge in [0.2, 0.25) is 4.96 Å². The van der Waals surface area contributed by atoms with Crippen molar-refractivity contribution in [2.75, 3.05) is 7.11 Å². The van der Waals surface area contributed by atoms with Gasteiger partial charge in [-0.15, -0.1) is 12.4 Å². The van der Waals surface area contributed by atoms with E-state index in [0.29, 0.717) is 0 Å².